The molecule has 3 aromatic rings. The zero-order chi connectivity index (χ0) is 19.2. The van der Waals surface area contributed by atoms with Crippen LogP contribution in [-0.4, -0.2) is 22.8 Å². The van der Waals surface area contributed by atoms with Crippen molar-refractivity contribution in [2.75, 3.05) is 12.4 Å². The molecule has 0 radical (unpaired) electrons. The average molecular weight is 383 g/mol. The summed E-state index contributed by atoms with van der Waals surface area (Å²) < 4.78 is 13.0. The average Bonchev–Trinajstić information content (AvgIpc) is 3.05. The number of aromatic nitrogens is 1. The van der Waals surface area contributed by atoms with Gasteiger partial charge in [-0.05, 0) is 43.8 Å². The molecule has 0 aliphatic carbocycles. The number of nitrogens with zero attached hydrogens (tertiary/aromatic N) is 2. The molecule has 27 heavy (non-hydrogen) atoms. The summed E-state index contributed by atoms with van der Waals surface area (Å²) in [5, 5.41) is 5.67. The second-order valence-corrected chi connectivity index (χ2v) is 7.56. The van der Waals surface area contributed by atoms with Gasteiger partial charge in [0.2, 0.25) is 5.91 Å². The van der Waals surface area contributed by atoms with E-state index in [1.807, 2.05) is 43.6 Å². The number of hydrogen-bond acceptors (Lipinski definition) is 4. The highest BCUT2D eigenvalue weighted by Crippen LogP contribution is 2.15. The number of carbonyl (C=O) groups excluding carboxylic acids is 1. The minimum atomic E-state index is -0.227. The van der Waals surface area contributed by atoms with Gasteiger partial charge in [0.05, 0.1) is 12.1 Å². The Morgan fingerprint density at radius 3 is 2.52 bits per heavy atom. The van der Waals surface area contributed by atoms with Gasteiger partial charge in [-0.15, -0.1) is 11.3 Å². The van der Waals surface area contributed by atoms with Crippen molar-refractivity contribution < 1.29 is 9.18 Å². The first-order valence-electron chi connectivity index (χ1n) is 8.71. The summed E-state index contributed by atoms with van der Waals surface area (Å²) in [5.41, 5.74) is 3.93. The molecular weight excluding hydrogens is 361 g/mol. The molecule has 0 saturated heterocycles. The van der Waals surface area contributed by atoms with Gasteiger partial charge < -0.3 is 5.32 Å². The quantitative estimate of drug-likeness (QED) is 0.658. The van der Waals surface area contributed by atoms with E-state index in [0.717, 1.165) is 27.5 Å². The van der Waals surface area contributed by atoms with E-state index in [1.54, 1.807) is 12.1 Å². The summed E-state index contributed by atoms with van der Waals surface area (Å²) in [6, 6.07) is 14.2. The molecule has 1 N–H and O–H groups in total. The van der Waals surface area contributed by atoms with Gasteiger partial charge in [0.25, 0.3) is 0 Å². The maximum atomic E-state index is 13.0. The van der Waals surface area contributed by atoms with Crippen molar-refractivity contribution in [3.05, 3.63) is 81.6 Å². The van der Waals surface area contributed by atoms with E-state index < -0.39 is 0 Å². The Morgan fingerprint density at radius 2 is 1.81 bits per heavy atom. The Labute approximate surface area is 162 Å². The molecule has 0 saturated carbocycles. The molecule has 3 rings (SSSR count). The Kier molecular flexibility index (Phi) is 6.32. The molecule has 1 amide bonds. The monoisotopic (exact) mass is 383 g/mol. The first-order valence-corrected chi connectivity index (χ1v) is 9.59. The number of amides is 1. The third kappa shape index (κ3) is 5.98. The van der Waals surface area contributed by atoms with Crippen LogP contribution in [-0.2, 0) is 24.3 Å². The fourth-order valence-electron chi connectivity index (χ4n) is 2.72. The van der Waals surface area contributed by atoms with Gasteiger partial charge in [0.15, 0.2) is 0 Å². The zero-order valence-corrected chi connectivity index (χ0v) is 16.2. The molecule has 140 valence electrons. The molecule has 0 aliphatic rings. The number of benzene rings is 2. The highest BCUT2D eigenvalue weighted by molar-refractivity contribution is 7.09. The van der Waals surface area contributed by atoms with Gasteiger partial charge in [-0.2, -0.15) is 0 Å². The van der Waals surface area contributed by atoms with Crippen LogP contribution in [0.3, 0.4) is 0 Å². The molecule has 0 unspecified atom stereocenters. The lowest BCUT2D eigenvalue weighted by molar-refractivity contribution is -0.115. The molecule has 4 nitrogen and oxygen atoms in total. The largest absolute Gasteiger partial charge is 0.326 e. The van der Waals surface area contributed by atoms with Gasteiger partial charge in [-0.3, -0.25) is 9.69 Å². The minimum Gasteiger partial charge on any atom is -0.326 e. The summed E-state index contributed by atoms with van der Waals surface area (Å²) in [6.45, 7) is 3.39. The van der Waals surface area contributed by atoms with Crippen LogP contribution in [0.5, 0.6) is 0 Å². The Bertz CT molecular complexity index is 891. The predicted octanol–water partition coefficient (Wildman–Crippen LogP) is 4.40. The van der Waals surface area contributed by atoms with Crippen LogP contribution in [0, 0.1) is 12.7 Å². The lowest BCUT2D eigenvalue weighted by atomic mass is 10.2. The first-order chi connectivity index (χ1) is 13.0. The maximum absolute atomic E-state index is 13.0. The molecule has 0 bridgehead atoms. The van der Waals surface area contributed by atoms with Crippen molar-refractivity contribution in [1.82, 2.24) is 9.88 Å². The van der Waals surface area contributed by atoms with Crippen molar-refractivity contribution in [3.8, 4) is 0 Å². The van der Waals surface area contributed by atoms with Gasteiger partial charge in [-0.25, -0.2) is 9.37 Å². The fraction of sp³-hybridized carbons (Fsp3) is 0.238. The molecule has 1 heterocycles. The maximum Gasteiger partial charge on any atom is 0.231 e. The summed E-state index contributed by atoms with van der Waals surface area (Å²) in [4.78, 5) is 18.8. The molecule has 0 fully saturated rings. The van der Waals surface area contributed by atoms with Crippen molar-refractivity contribution >= 4 is 22.9 Å². The van der Waals surface area contributed by atoms with Gasteiger partial charge in [0, 0.05) is 24.2 Å². The van der Waals surface area contributed by atoms with Gasteiger partial charge in [0.1, 0.15) is 10.8 Å². The highest BCUT2D eigenvalue weighted by atomic mass is 32.1. The number of halogens is 1. The Balaban J connectivity index is 1.50. The van der Waals surface area contributed by atoms with Crippen LogP contribution in [0.25, 0.3) is 0 Å². The fourth-order valence-corrected chi connectivity index (χ4v) is 3.50. The van der Waals surface area contributed by atoms with Gasteiger partial charge >= 0.3 is 0 Å². The molecule has 0 aliphatic heterocycles. The van der Waals surface area contributed by atoms with Crippen LogP contribution >= 0.6 is 11.3 Å². The van der Waals surface area contributed by atoms with E-state index in [4.69, 9.17) is 0 Å². The van der Waals surface area contributed by atoms with Crippen LogP contribution in [0.15, 0.2) is 53.9 Å². The Morgan fingerprint density at radius 1 is 1.11 bits per heavy atom. The summed E-state index contributed by atoms with van der Waals surface area (Å²) >= 11 is 1.49. The standard InChI is InChI=1S/C21H22FN3OS/c1-15-3-9-18(10-4-15)23-20(26)11-21-24-19(14-27-21)13-25(2)12-16-5-7-17(22)8-6-16/h3-10,14H,11-13H2,1-2H3,(H,23,26). The van der Waals surface area contributed by atoms with Crippen molar-refractivity contribution in [2.24, 2.45) is 0 Å². The normalized spacial score (nSPS) is 11.0. The van der Waals surface area contributed by atoms with E-state index in [2.05, 4.69) is 15.2 Å². The van der Waals surface area contributed by atoms with Crippen LogP contribution in [0.2, 0.25) is 0 Å². The second-order valence-electron chi connectivity index (χ2n) is 6.62. The molecule has 0 atom stereocenters. The minimum absolute atomic E-state index is 0.0700. The number of hydrogen-bond donors (Lipinski definition) is 1. The van der Waals surface area contributed by atoms with E-state index in [-0.39, 0.29) is 18.1 Å². The molecule has 1 aromatic heterocycles. The molecule has 2 aromatic carbocycles. The van der Waals surface area contributed by atoms with Crippen molar-refractivity contribution in [3.63, 3.8) is 0 Å². The van der Waals surface area contributed by atoms with E-state index in [0.29, 0.717) is 13.1 Å². The second kappa shape index (κ2) is 8.88. The van der Waals surface area contributed by atoms with Crippen molar-refractivity contribution in [1.29, 1.82) is 0 Å². The number of thiazole rings is 1. The van der Waals surface area contributed by atoms with Crippen LogP contribution in [0.1, 0.15) is 21.8 Å². The van der Waals surface area contributed by atoms with Gasteiger partial charge in [-0.1, -0.05) is 29.8 Å². The van der Waals surface area contributed by atoms with E-state index in [1.165, 1.54) is 23.5 Å². The summed E-state index contributed by atoms with van der Waals surface area (Å²) in [6.07, 6.45) is 0.264. The molecule has 0 spiro atoms. The number of rotatable bonds is 7. The predicted molar refractivity (Wildman–Crippen MR) is 107 cm³/mol. The zero-order valence-electron chi connectivity index (χ0n) is 15.4. The number of nitrogens with one attached hydrogen (secondary N) is 1. The smallest absolute Gasteiger partial charge is 0.231 e. The number of anilines is 1. The summed E-state index contributed by atoms with van der Waals surface area (Å²) in [7, 11) is 1.99. The highest BCUT2D eigenvalue weighted by Gasteiger charge is 2.10. The topological polar surface area (TPSA) is 45.2 Å². The van der Waals surface area contributed by atoms with Crippen LogP contribution in [0.4, 0.5) is 10.1 Å². The SMILES string of the molecule is Cc1ccc(NC(=O)Cc2nc(CN(C)Cc3ccc(F)cc3)cs2)cc1. The lowest BCUT2D eigenvalue weighted by Crippen LogP contribution is -2.18. The number of aryl methyl sites for hydroxylation is 1. The first kappa shape index (κ1) is 19.2. The molecule has 6 heteroatoms. The van der Waals surface area contributed by atoms with E-state index in [9.17, 15) is 9.18 Å². The van der Waals surface area contributed by atoms with Crippen LogP contribution < -0.4 is 5.32 Å². The number of carbonyl (C=O) groups is 1. The third-order valence-corrected chi connectivity index (χ3v) is 4.94. The lowest BCUT2D eigenvalue weighted by Gasteiger charge is -2.15. The third-order valence-electron chi connectivity index (χ3n) is 4.04. The molecular formula is C21H22FN3OS. The van der Waals surface area contributed by atoms with E-state index >= 15 is 0 Å². The Hall–Kier alpha value is -2.57. The van der Waals surface area contributed by atoms with Crippen molar-refractivity contribution in [2.45, 2.75) is 26.4 Å². The summed E-state index contributed by atoms with van der Waals surface area (Å²) in [5.74, 6) is -0.297.